The lowest BCUT2D eigenvalue weighted by Crippen LogP contribution is -2.39. The number of ether oxygens (including phenoxy) is 1. The number of hydrogen-bond acceptors (Lipinski definition) is 6. The van der Waals surface area contributed by atoms with Gasteiger partial charge < -0.3 is 10.2 Å². The first kappa shape index (κ1) is 23.1. The Labute approximate surface area is 205 Å². The zero-order valence-corrected chi connectivity index (χ0v) is 19.7. The summed E-state index contributed by atoms with van der Waals surface area (Å²) in [5.74, 6) is 1.10. The highest BCUT2D eigenvalue weighted by Gasteiger charge is 2.39. The number of nitrogens with zero attached hydrogens (tertiary/aromatic N) is 3. The Morgan fingerprint density at radius 1 is 1.06 bits per heavy atom. The SMILES string of the molecule is O=C(c1ccc(OC(F)F)cc1)[C@@H]1Sc2nnc(C3CCCCC3)n2N[C@@H]1c1ccc(Cl)cc1. The minimum absolute atomic E-state index is 0.00657. The number of alkyl halides is 2. The Morgan fingerprint density at radius 2 is 1.76 bits per heavy atom. The number of rotatable bonds is 6. The van der Waals surface area contributed by atoms with Crippen LogP contribution in [0, 0.1) is 0 Å². The third-order valence-corrected chi connectivity index (χ3v) is 7.75. The summed E-state index contributed by atoms with van der Waals surface area (Å²) >= 11 is 7.46. The largest absolute Gasteiger partial charge is 0.435 e. The highest BCUT2D eigenvalue weighted by molar-refractivity contribution is 8.00. The number of carbonyl (C=O) groups excluding carboxylic acids is 1. The van der Waals surface area contributed by atoms with Gasteiger partial charge in [0, 0.05) is 16.5 Å². The zero-order chi connectivity index (χ0) is 23.7. The third kappa shape index (κ3) is 4.77. The molecular formula is C24H23ClF2N4O2S. The monoisotopic (exact) mass is 504 g/mol. The minimum atomic E-state index is -2.92. The van der Waals surface area contributed by atoms with Crippen LogP contribution in [0.3, 0.4) is 0 Å². The first-order chi connectivity index (χ1) is 16.5. The maximum Gasteiger partial charge on any atom is 0.387 e. The molecular weight excluding hydrogens is 482 g/mol. The number of nitrogens with one attached hydrogen (secondary N) is 1. The van der Waals surface area contributed by atoms with Crippen LogP contribution in [0.15, 0.2) is 53.7 Å². The molecule has 1 fully saturated rings. The summed E-state index contributed by atoms with van der Waals surface area (Å²) in [5.41, 5.74) is 4.81. The number of benzene rings is 2. The Bertz CT molecular complexity index is 1150. The van der Waals surface area contributed by atoms with E-state index in [4.69, 9.17) is 11.6 Å². The van der Waals surface area contributed by atoms with Gasteiger partial charge in [0.05, 0.1) is 6.04 Å². The Hall–Kier alpha value is -2.65. The summed E-state index contributed by atoms with van der Waals surface area (Å²) < 4.78 is 31.3. The van der Waals surface area contributed by atoms with Crippen LogP contribution >= 0.6 is 23.4 Å². The van der Waals surface area contributed by atoms with Gasteiger partial charge in [-0.05, 0) is 54.8 Å². The number of thioether (sulfide) groups is 1. The van der Waals surface area contributed by atoms with Crippen LogP contribution in [0.25, 0.3) is 0 Å². The van der Waals surface area contributed by atoms with Crippen molar-refractivity contribution in [1.29, 1.82) is 0 Å². The Balaban J connectivity index is 1.47. The molecule has 0 spiro atoms. The molecule has 2 atom stereocenters. The number of Topliss-reactive ketones (excluding diaryl/α,β-unsaturated/α-hetero) is 1. The molecule has 6 nitrogen and oxygen atoms in total. The molecule has 2 aliphatic rings. The molecule has 1 aliphatic carbocycles. The molecule has 0 saturated heterocycles. The van der Waals surface area contributed by atoms with Gasteiger partial charge in [-0.15, -0.1) is 10.2 Å². The van der Waals surface area contributed by atoms with Gasteiger partial charge in [-0.2, -0.15) is 8.78 Å². The summed E-state index contributed by atoms with van der Waals surface area (Å²) in [6.07, 6.45) is 5.74. The average Bonchev–Trinajstić information content (AvgIpc) is 3.27. The fraction of sp³-hybridized carbons (Fsp3) is 0.375. The molecule has 0 bridgehead atoms. The van der Waals surface area contributed by atoms with Gasteiger partial charge in [-0.1, -0.05) is 54.8 Å². The van der Waals surface area contributed by atoms with Crippen LogP contribution in [0.4, 0.5) is 8.78 Å². The lowest BCUT2D eigenvalue weighted by Gasteiger charge is -2.34. The van der Waals surface area contributed by atoms with Gasteiger partial charge in [-0.25, -0.2) is 4.68 Å². The normalized spacial score (nSPS) is 20.6. The number of aromatic nitrogens is 3. The van der Waals surface area contributed by atoms with Crippen molar-refractivity contribution in [2.24, 2.45) is 0 Å². The van der Waals surface area contributed by atoms with E-state index in [1.54, 1.807) is 12.1 Å². The van der Waals surface area contributed by atoms with Crippen LogP contribution in [-0.2, 0) is 0 Å². The number of fused-ring (bicyclic) bond motifs is 1. The van der Waals surface area contributed by atoms with Crippen molar-refractivity contribution in [3.8, 4) is 5.75 Å². The topological polar surface area (TPSA) is 69.0 Å². The fourth-order valence-electron chi connectivity index (χ4n) is 4.58. The van der Waals surface area contributed by atoms with E-state index in [0.717, 1.165) is 24.2 Å². The van der Waals surface area contributed by atoms with Crippen molar-refractivity contribution in [3.63, 3.8) is 0 Å². The second kappa shape index (κ2) is 9.92. The molecule has 1 aliphatic heterocycles. The van der Waals surface area contributed by atoms with Crippen LogP contribution in [-0.4, -0.2) is 32.5 Å². The highest BCUT2D eigenvalue weighted by Crippen LogP contribution is 2.41. The summed E-state index contributed by atoms with van der Waals surface area (Å²) in [6.45, 7) is -2.92. The standard InChI is InChI=1S/C24H23ClF2N4O2S/c25-17-10-6-14(7-11-17)19-21(20(32)15-8-12-18(13-9-15)33-23(26)27)34-24-29-28-22(31(24)30-19)16-4-2-1-3-5-16/h6-13,16,19,21,23,30H,1-5H2/t19-,21-/m1/s1. The zero-order valence-electron chi connectivity index (χ0n) is 18.2. The molecule has 1 N–H and O–H groups in total. The molecule has 5 rings (SSSR count). The Kier molecular flexibility index (Phi) is 6.74. The molecule has 1 saturated carbocycles. The minimum Gasteiger partial charge on any atom is -0.435 e. The van der Waals surface area contributed by atoms with Crippen molar-refractivity contribution in [2.45, 2.75) is 61.1 Å². The van der Waals surface area contributed by atoms with Crippen molar-refractivity contribution >= 4 is 29.1 Å². The van der Waals surface area contributed by atoms with Gasteiger partial charge in [0.2, 0.25) is 5.16 Å². The molecule has 0 unspecified atom stereocenters. The first-order valence-electron chi connectivity index (χ1n) is 11.2. The van der Waals surface area contributed by atoms with E-state index in [9.17, 15) is 13.6 Å². The molecule has 1 aromatic heterocycles. The average molecular weight is 505 g/mol. The van der Waals surface area contributed by atoms with E-state index in [1.165, 1.54) is 55.3 Å². The molecule has 2 aromatic carbocycles. The number of ketones is 1. The van der Waals surface area contributed by atoms with Crippen LogP contribution in [0.2, 0.25) is 5.02 Å². The lowest BCUT2D eigenvalue weighted by atomic mass is 9.89. The van der Waals surface area contributed by atoms with Gasteiger partial charge in [-0.3, -0.25) is 4.79 Å². The van der Waals surface area contributed by atoms with Crippen LogP contribution in [0.5, 0.6) is 5.75 Å². The quantitative estimate of drug-likeness (QED) is 0.402. The summed E-state index contributed by atoms with van der Waals surface area (Å²) in [5, 5.41) is 9.57. The number of carbonyl (C=O) groups is 1. The Morgan fingerprint density at radius 3 is 2.44 bits per heavy atom. The van der Waals surface area contributed by atoms with E-state index in [-0.39, 0.29) is 17.6 Å². The van der Waals surface area contributed by atoms with Crippen LogP contribution < -0.4 is 10.2 Å². The molecule has 2 heterocycles. The summed E-state index contributed by atoms with van der Waals surface area (Å²) in [4.78, 5) is 13.6. The van der Waals surface area contributed by atoms with Gasteiger partial charge in [0.15, 0.2) is 11.6 Å². The highest BCUT2D eigenvalue weighted by atomic mass is 35.5. The summed E-state index contributed by atoms with van der Waals surface area (Å²) in [6, 6.07) is 12.8. The lowest BCUT2D eigenvalue weighted by molar-refractivity contribution is -0.0498. The van der Waals surface area contributed by atoms with E-state index >= 15 is 0 Å². The van der Waals surface area contributed by atoms with Crippen molar-refractivity contribution in [3.05, 3.63) is 70.5 Å². The maximum absolute atomic E-state index is 13.6. The van der Waals surface area contributed by atoms with E-state index in [1.807, 2.05) is 16.8 Å². The first-order valence-corrected chi connectivity index (χ1v) is 12.5. The molecule has 34 heavy (non-hydrogen) atoms. The third-order valence-electron chi connectivity index (χ3n) is 6.28. The number of hydrogen-bond donors (Lipinski definition) is 1. The van der Waals surface area contributed by atoms with E-state index in [2.05, 4.69) is 20.4 Å². The second-order valence-electron chi connectivity index (χ2n) is 8.48. The number of halogens is 3. The van der Waals surface area contributed by atoms with Crippen LogP contribution in [0.1, 0.15) is 65.8 Å². The van der Waals surface area contributed by atoms with Crippen molar-refractivity contribution in [1.82, 2.24) is 14.9 Å². The predicted octanol–water partition coefficient (Wildman–Crippen LogP) is 6.22. The second-order valence-corrected chi connectivity index (χ2v) is 10.0. The van der Waals surface area contributed by atoms with E-state index < -0.39 is 11.9 Å². The molecule has 0 radical (unpaired) electrons. The van der Waals surface area contributed by atoms with Crippen molar-refractivity contribution in [2.75, 3.05) is 5.43 Å². The fourth-order valence-corrected chi connectivity index (χ4v) is 5.87. The van der Waals surface area contributed by atoms with Gasteiger partial charge >= 0.3 is 6.61 Å². The van der Waals surface area contributed by atoms with Crippen molar-refractivity contribution < 1.29 is 18.3 Å². The van der Waals surface area contributed by atoms with Gasteiger partial charge in [0.25, 0.3) is 0 Å². The molecule has 3 aromatic rings. The predicted molar refractivity (Wildman–Crippen MR) is 126 cm³/mol. The summed E-state index contributed by atoms with van der Waals surface area (Å²) in [7, 11) is 0. The molecule has 10 heteroatoms. The van der Waals surface area contributed by atoms with Gasteiger partial charge in [0.1, 0.15) is 11.0 Å². The molecule has 0 amide bonds. The maximum atomic E-state index is 13.6. The molecule has 178 valence electrons. The van der Waals surface area contributed by atoms with E-state index in [0.29, 0.717) is 21.7 Å². The smallest absolute Gasteiger partial charge is 0.387 e.